The maximum atomic E-state index is 12.0. The molecule has 1 heterocycles. The van der Waals surface area contributed by atoms with Crippen molar-refractivity contribution in [3.63, 3.8) is 0 Å². The SMILES string of the molecule is CC(Sc1ccc(Br)cc1)C(=O)Nc1ccncc1. The first-order valence-corrected chi connectivity index (χ1v) is 7.45. The highest BCUT2D eigenvalue weighted by atomic mass is 79.9. The van der Waals surface area contributed by atoms with Gasteiger partial charge in [-0.1, -0.05) is 15.9 Å². The number of thioether (sulfide) groups is 1. The Morgan fingerprint density at radius 2 is 1.84 bits per heavy atom. The fourth-order valence-corrected chi connectivity index (χ4v) is 2.58. The molecule has 2 aromatic rings. The first-order chi connectivity index (χ1) is 9.15. The van der Waals surface area contributed by atoms with Gasteiger partial charge in [0.15, 0.2) is 0 Å². The van der Waals surface area contributed by atoms with Gasteiger partial charge in [-0.2, -0.15) is 0 Å². The Kier molecular flexibility index (Phi) is 4.99. The summed E-state index contributed by atoms with van der Waals surface area (Å²) in [5.74, 6) is -0.0147. The van der Waals surface area contributed by atoms with Crippen LogP contribution in [0.5, 0.6) is 0 Å². The van der Waals surface area contributed by atoms with Gasteiger partial charge in [0, 0.05) is 27.4 Å². The fraction of sp³-hybridized carbons (Fsp3) is 0.143. The molecule has 0 radical (unpaired) electrons. The minimum atomic E-state index is -0.158. The van der Waals surface area contributed by atoms with E-state index in [4.69, 9.17) is 0 Å². The molecule has 1 aromatic carbocycles. The number of hydrogen-bond acceptors (Lipinski definition) is 3. The van der Waals surface area contributed by atoms with Gasteiger partial charge in [-0.3, -0.25) is 9.78 Å². The second-order valence-electron chi connectivity index (χ2n) is 3.94. The number of halogens is 1. The van der Waals surface area contributed by atoms with Crippen molar-refractivity contribution >= 4 is 39.3 Å². The summed E-state index contributed by atoms with van der Waals surface area (Å²) in [5.41, 5.74) is 0.767. The van der Waals surface area contributed by atoms with Gasteiger partial charge in [-0.25, -0.2) is 0 Å². The monoisotopic (exact) mass is 336 g/mol. The highest BCUT2D eigenvalue weighted by Gasteiger charge is 2.14. The van der Waals surface area contributed by atoms with Gasteiger partial charge in [-0.05, 0) is 43.3 Å². The predicted molar refractivity (Wildman–Crippen MR) is 82.3 cm³/mol. The molecule has 1 atom stereocenters. The fourth-order valence-electron chi connectivity index (χ4n) is 1.45. The number of nitrogens with zero attached hydrogens (tertiary/aromatic N) is 1. The van der Waals surface area contributed by atoms with E-state index in [0.29, 0.717) is 0 Å². The Morgan fingerprint density at radius 1 is 1.21 bits per heavy atom. The number of carbonyl (C=O) groups excluding carboxylic acids is 1. The molecular formula is C14H13BrN2OS. The Labute approximate surface area is 125 Å². The van der Waals surface area contributed by atoms with Gasteiger partial charge in [0.2, 0.25) is 5.91 Å². The Bertz CT molecular complexity index is 545. The number of anilines is 1. The molecule has 1 unspecified atom stereocenters. The highest BCUT2D eigenvalue weighted by molar-refractivity contribution is 9.10. The topological polar surface area (TPSA) is 42.0 Å². The van der Waals surface area contributed by atoms with Crippen molar-refractivity contribution in [2.45, 2.75) is 17.1 Å². The summed E-state index contributed by atoms with van der Waals surface area (Å²) < 4.78 is 1.03. The second-order valence-corrected chi connectivity index (χ2v) is 6.27. The number of benzene rings is 1. The second kappa shape index (κ2) is 6.73. The van der Waals surface area contributed by atoms with Gasteiger partial charge < -0.3 is 5.32 Å². The van der Waals surface area contributed by atoms with Crippen molar-refractivity contribution in [3.05, 3.63) is 53.3 Å². The molecule has 1 N–H and O–H groups in total. The van der Waals surface area contributed by atoms with Crippen LogP contribution in [0.3, 0.4) is 0 Å². The van der Waals surface area contributed by atoms with Crippen molar-refractivity contribution in [2.24, 2.45) is 0 Å². The van der Waals surface area contributed by atoms with E-state index < -0.39 is 0 Å². The van der Waals surface area contributed by atoms with Crippen molar-refractivity contribution in [2.75, 3.05) is 5.32 Å². The first-order valence-electron chi connectivity index (χ1n) is 5.78. The summed E-state index contributed by atoms with van der Waals surface area (Å²) in [7, 11) is 0. The number of amides is 1. The van der Waals surface area contributed by atoms with E-state index in [1.807, 2.05) is 31.2 Å². The molecule has 1 amide bonds. The summed E-state index contributed by atoms with van der Waals surface area (Å²) in [6.07, 6.45) is 3.31. The molecule has 98 valence electrons. The largest absolute Gasteiger partial charge is 0.325 e. The molecular weight excluding hydrogens is 324 g/mol. The molecule has 1 aromatic heterocycles. The van der Waals surface area contributed by atoms with E-state index in [-0.39, 0.29) is 11.2 Å². The molecule has 0 aliphatic heterocycles. The summed E-state index contributed by atoms with van der Waals surface area (Å²) in [4.78, 5) is 17.0. The number of pyridine rings is 1. The van der Waals surface area contributed by atoms with Crippen LogP contribution in [0, 0.1) is 0 Å². The van der Waals surface area contributed by atoms with Crippen LogP contribution in [0.2, 0.25) is 0 Å². The van der Waals surface area contributed by atoms with E-state index in [1.54, 1.807) is 24.5 Å². The van der Waals surface area contributed by atoms with E-state index in [2.05, 4.69) is 26.2 Å². The number of aromatic nitrogens is 1. The van der Waals surface area contributed by atoms with Crippen molar-refractivity contribution in [1.29, 1.82) is 0 Å². The van der Waals surface area contributed by atoms with Crippen LogP contribution < -0.4 is 5.32 Å². The molecule has 5 heteroatoms. The lowest BCUT2D eigenvalue weighted by molar-refractivity contribution is -0.115. The molecule has 19 heavy (non-hydrogen) atoms. The summed E-state index contributed by atoms with van der Waals surface area (Å²) in [5, 5.41) is 2.71. The lowest BCUT2D eigenvalue weighted by atomic mass is 10.3. The van der Waals surface area contributed by atoms with E-state index in [1.165, 1.54) is 11.8 Å². The van der Waals surface area contributed by atoms with Crippen molar-refractivity contribution in [1.82, 2.24) is 4.98 Å². The third-order valence-corrected chi connectivity index (χ3v) is 4.08. The molecule has 0 spiro atoms. The third kappa shape index (κ3) is 4.36. The van der Waals surface area contributed by atoms with E-state index >= 15 is 0 Å². The van der Waals surface area contributed by atoms with Gasteiger partial charge in [0.1, 0.15) is 0 Å². The normalized spacial score (nSPS) is 11.9. The summed E-state index contributed by atoms with van der Waals surface area (Å²) >= 11 is 4.92. The molecule has 0 aliphatic rings. The zero-order valence-electron chi connectivity index (χ0n) is 10.3. The van der Waals surface area contributed by atoms with Crippen molar-refractivity contribution < 1.29 is 4.79 Å². The quantitative estimate of drug-likeness (QED) is 0.859. The van der Waals surface area contributed by atoms with Crippen LogP contribution in [0.15, 0.2) is 58.2 Å². The number of nitrogens with one attached hydrogen (secondary N) is 1. The van der Waals surface area contributed by atoms with Crippen LogP contribution >= 0.6 is 27.7 Å². The smallest absolute Gasteiger partial charge is 0.237 e. The van der Waals surface area contributed by atoms with Gasteiger partial charge in [-0.15, -0.1) is 11.8 Å². The third-order valence-electron chi connectivity index (χ3n) is 2.44. The Balaban J connectivity index is 1.94. The molecule has 3 nitrogen and oxygen atoms in total. The number of rotatable bonds is 4. The number of carbonyl (C=O) groups is 1. The van der Waals surface area contributed by atoms with Gasteiger partial charge in [0.25, 0.3) is 0 Å². The molecule has 2 rings (SSSR count). The van der Waals surface area contributed by atoms with Crippen LogP contribution in [0.1, 0.15) is 6.92 Å². The van der Waals surface area contributed by atoms with Crippen LogP contribution in [-0.2, 0) is 4.79 Å². The molecule has 0 saturated carbocycles. The molecule has 0 saturated heterocycles. The average Bonchev–Trinajstić information content (AvgIpc) is 2.42. The van der Waals surface area contributed by atoms with Crippen LogP contribution in [-0.4, -0.2) is 16.1 Å². The van der Waals surface area contributed by atoms with Gasteiger partial charge >= 0.3 is 0 Å². The van der Waals surface area contributed by atoms with E-state index in [0.717, 1.165) is 15.1 Å². The van der Waals surface area contributed by atoms with Gasteiger partial charge in [0.05, 0.1) is 5.25 Å². The summed E-state index contributed by atoms with van der Waals surface area (Å²) in [6.45, 7) is 1.89. The first kappa shape index (κ1) is 14.1. The van der Waals surface area contributed by atoms with Crippen LogP contribution in [0.4, 0.5) is 5.69 Å². The highest BCUT2D eigenvalue weighted by Crippen LogP contribution is 2.25. The minimum Gasteiger partial charge on any atom is -0.325 e. The standard InChI is InChI=1S/C14H13BrN2OS/c1-10(19-13-4-2-11(15)3-5-13)14(18)17-12-6-8-16-9-7-12/h2-10H,1H3,(H,16,17,18). The lowest BCUT2D eigenvalue weighted by Gasteiger charge is -2.11. The zero-order valence-corrected chi connectivity index (χ0v) is 12.7. The molecule has 0 fully saturated rings. The Morgan fingerprint density at radius 3 is 2.47 bits per heavy atom. The molecule has 0 bridgehead atoms. The number of hydrogen-bond donors (Lipinski definition) is 1. The maximum absolute atomic E-state index is 12.0. The van der Waals surface area contributed by atoms with Crippen molar-refractivity contribution in [3.8, 4) is 0 Å². The lowest BCUT2D eigenvalue weighted by Crippen LogP contribution is -2.22. The maximum Gasteiger partial charge on any atom is 0.237 e. The minimum absolute atomic E-state index is 0.0147. The Hall–Kier alpha value is -1.33. The average molecular weight is 337 g/mol. The molecule has 0 aliphatic carbocycles. The van der Waals surface area contributed by atoms with E-state index in [9.17, 15) is 4.79 Å². The summed E-state index contributed by atoms with van der Waals surface area (Å²) in [6, 6.07) is 11.5. The predicted octanol–water partition coefficient (Wildman–Crippen LogP) is 3.96. The van der Waals surface area contributed by atoms with Crippen LogP contribution in [0.25, 0.3) is 0 Å². The zero-order chi connectivity index (χ0) is 13.7.